The molecule has 9 nitrogen and oxygen atoms in total. The van der Waals surface area contributed by atoms with Crippen molar-refractivity contribution in [1.29, 1.82) is 0 Å². The van der Waals surface area contributed by atoms with Gasteiger partial charge in [0.2, 0.25) is 17.8 Å². The molecule has 5 rings (SSSR count). The molecule has 2 aromatic carbocycles. The molecule has 2 amide bonds. The molecule has 1 saturated heterocycles. The molecule has 0 saturated carbocycles. The Bertz CT molecular complexity index is 1680. The molecule has 0 unspecified atom stereocenters. The summed E-state index contributed by atoms with van der Waals surface area (Å²) in [6.45, 7) is 3.98. The quantitative estimate of drug-likeness (QED) is 0.218. The fourth-order valence-electron chi connectivity index (χ4n) is 4.50. The number of halogens is 3. The van der Waals surface area contributed by atoms with Crippen LogP contribution in [0.3, 0.4) is 0 Å². The van der Waals surface area contributed by atoms with Crippen LogP contribution in [0.5, 0.6) is 0 Å². The highest BCUT2D eigenvalue weighted by Gasteiger charge is 2.30. The standard InChI is InChI=1S/C31H27F3N6O3/c1-20(41)37-30-36-19-23-4-2-6-26(29(23)39-30)38-28(42)7-3-5-25(21-8-11-24(12-9-21)31(32,33)34)22-10-13-27(35-18-22)40-14-16-43-17-15-40/h2-13,18-19H,14-17H2,1H3,(H,38,42)(H,36,37,39,41)/b7-3+,25-5+. The van der Waals surface area contributed by atoms with Gasteiger partial charge in [-0.2, -0.15) is 13.2 Å². The molecule has 0 atom stereocenters. The van der Waals surface area contributed by atoms with E-state index in [0.717, 1.165) is 18.0 Å². The molecule has 3 heterocycles. The van der Waals surface area contributed by atoms with Crippen LogP contribution in [0, 0.1) is 0 Å². The Morgan fingerprint density at radius 1 is 0.930 bits per heavy atom. The Kier molecular flexibility index (Phi) is 8.77. The molecule has 2 aromatic heterocycles. The van der Waals surface area contributed by atoms with Crippen molar-refractivity contribution in [2.45, 2.75) is 13.1 Å². The van der Waals surface area contributed by atoms with Crippen LogP contribution in [0.2, 0.25) is 0 Å². The number of ether oxygens (including phenoxy) is 1. The van der Waals surface area contributed by atoms with Gasteiger partial charge in [0.05, 0.1) is 30.0 Å². The summed E-state index contributed by atoms with van der Waals surface area (Å²) in [6, 6.07) is 13.7. The van der Waals surface area contributed by atoms with Crippen LogP contribution >= 0.6 is 0 Å². The topological polar surface area (TPSA) is 109 Å². The molecule has 0 radical (unpaired) electrons. The van der Waals surface area contributed by atoms with E-state index >= 15 is 0 Å². The van der Waals surface area contributed by atoms with Crippen LogP contribution < -0.4 is 15.5 Å². The SMILES string of the molecule is CC(=O)Nc1ncc2cccc(NC(=O)/C=C/C=C(\c3ccc(C(F)(F)F)cc3)c3ccc(N4CCOCC4)nc3)c2n1. The van der Waals surface area contributed by atoms with Crippen molar-refractivity contribution in [3.63, 3.8) is 0 Å². The van der Waals surface area contributed by atoms with Crippen LogP contribution in [0.1, 0.15) is 23.6 Å². The number of amides is 2. The fraction of sp³-hybridized carbons (Fsp3) is 0.194. The second kappa shape index (κ2) is 12.8. The van der Waals surface area contributed by atoms with Gasteiger partial charge < -0.3 is 15.0 Å². The molecule has 0 aliphatic carbocycles. The van der Waals surface area contributed by atoms with Crippen molar-refractivity contribution in [2.24, 2.45) is 0 Å². The van der Waals surface area contributed by atoms with Crippen molar-refractivity contribution >= 4 is 45.7 Å². The minimum absolute atomic E-state index is 0.106. The summed E-state index contributed by atoms with van der Waals surface area (Å²) < 4.78 is 45.0. The number of nitrogens with one attached hydrogen (secondary N) is 2. The Morgan fingerprint density at radius 2 is 1.67 bits per heavy atom. The van der Waals surface area contributed by atoms with Gasteiger partial charge in [-0.25, -0.2) is 15.0 Å². The lowest BCUT2D eigenvalue weighted by Crippen LogP contribution is -2.36. The maximum Gasteiger partial charge on any atom is 0.416 e. The smallest absolute Gasteiger partial charge is 0.378 e. The minimum Gasteiger partial charge on any atom is -0.378 e. The number of hydrogen-bond acceptors (Lipinski definition) is 7. The van der Waals surface area contributed by atoms with Crippen LogP contribution in [-0.4, -0.2) is 53.1 Å². The fourth-order valence-corrected chi connectivity index (χ4v) is 4.50. The molecular weight excluding hydrogens is 561 g/mol. The van der Waals surface area contributed by atoms with Gasteiger partial charge in [-0.15, -0.1) is 0 Å². The average Bonchev–Trinajstić information content (AvgIpc) is 3.00. The lowest BCUT2D eigenvalue weighted by Gasteiger charge is -2.27. The number of alkyl halides is 3. The minimum atomic E-state index is -4.46. The van der Waals surface area contributed by atoms with E-state index in [1.54, 1.807) is 30.5 Å². The van der Waals surface area contributed by atoms with E-state index in [2.05, 4.69) is 30.5 Å². The number of fused-ring (bicyclic) bond motifs is 1. The van der Waals surface area contributed by atoms with Crippen LogP contribution in [0.4, 0.5) is 30.6 Å². The van der Waals surface area contributed by atoms with Gasteiger partial charge in [0.15, 0.2) is 0 Å². The molecule has 220 valence electrons. The molecule has 0 bridgehead atoms. The molecule has 1 fully saturated rings. The normalized spacial score (nSPS) is 14.2. The van der Waals surface area contributed by atoms with E-state index in [1.807, 2.05) is 12.1 Å². The summed E-state index contributed by atoms with van der Waals surface area (Å²) in [5, 5.41) is 5.95. The summed E-state index contributed by atoms with van der Waals surface area (Å²) in [4.78, 5) is 39.3. The molecule has 43 heavy (non-hydrogen) atoms. The molecule has 1 aliphatic rings. The molecule has 2 N–H and O–H groups in total. The number of anilines is 3. The number of carbonyl (C=O) groups is 2. The first kappa shape index (κ1) is 29.4. The lowest BCUT2D eigenvalue weighted by molar-refractivity contribution is -0.137. The van der Waals surface area contributed by atoms with E-state index in [0.29, 0.717) is 59.6 Å². The Labute approximate surface area is 245 Å². The predicted molar refractivity (Wildman–Crippen MR) is 157 cm³/mol. The lowest BCUT2D eigenvalue weighted by atomic mass is 9.97. The number of morpholine rings is 1. The summed E-state index contributed by atoms with van der Waals surface area (Å²) in [6.07, 6.45) is 3.20. The Hall–Kier alpha value is -5.10. The monoisotopic (exact) mass is 588 g/mol. The van der Waals surface area contributed by atoms with Gasteiger partial charge in [-0.1, -0.05) is 36.4 Å². The number of carbonyl (C=O) groups excluding carboxylic acids is 2. The Morgan fingerprint density at radius 3 is 2.35 bits per heavy atom. The number of benzene rings is 2. The summed E-state index contributed by atoms with van der Waals surface area (Å²) in [7, 11) is 0. The Balaban J connectivity index is 1.40. The highest BCUT2D eigenvalue weighted by molar-refractivity contribution is 6.05. The molecule has 4 aromatic rings. The number of pyridine rings is 1. The number of rotatable bonds is 7. The van der Waals surface area contributed by atoms with E-state index in [1.165, 1.54) is 37.4 Å². The van der Waals surface area contributed by atoms with Crippen molar-refractivity contribution in [1.82, 2.24) is 15.0 Å². The van der Waals surface area contributed by atoms with Gasteiger partial charge in [0.1, 0.15) is 5.82 Å². The molecule has 1 aliphatic heterocycles. The van der Waals surface area contributed by atoms with Crippen LogP contribution in [-0.2, 0) is 20.5 Å². The number of allylic oxidation sites excluding steroid dienone is 2. The third-order valence-electron chi connectivity index (χ3n) is 6.58. The number of para-hydroxylation sites is 1. The number of nitrogens with zero attached hydrogens (tertiary/aromatic N) is 4. The zero-order valence-corrected chi connectivity index (χ0v) is 23.1. The van der Waals surface area contributed by atoms with Gasteiger partial charge in [-0.3, -0.25) is 14.9 Å². The third-order valence-corrected chi connectivity index (χ3v) is 6.58. The highest BCUT2D eigenvalue weighted by atomic mass is 19.4. The van der Waals surface area contributed by atoms with Crippen LogP contribution in [0.15, 0.2) is 85.2 Å². The molecular formula is C31H27F3N6O3. The van der Waals surface area contributed by atoms with Crippen molar-refractivity contribution in [3.8, 4) is 0 Å². The van der Waals surface area contributed by atoms with E-state index < -0.39 is 17.6 Å². The molecule has 0 spiro atoms. The largest absolute Gasteiger partial charge is 0.416 e. The van der Waals surface area contributed by atoms with Crippen LogP contribution in [0.25, 0.3) is 16.5 Å². The van der Waals surface area contributed by atoms with Gasteiger partial charge >= 0.3 is 6.18 Å². The first-order valence-electron chi connectivity index (χ1n) is 13.4. The zero-order chi connectivity index (χ0) is 30.4. The van der Waals surface area contributed by atoms with E-state index in [4.69, 9.17) is 4.74 Å². The predicted octanol–water partition coefficient (Wildman–Crippen LogP) is 5.47. The summed E-state index contributed by atoms with van der Waals surface area (Å²) >= 11 is 0. The van der Waals surface area contributed by atoms with E-state index in [-0.39, 0.29) is 11.9 Å². The van der Waals surface area contributed by atoms with Gasteiger partial charge in [0.25, 0.3) is 0 Å². The van der Waals surface area contributed by atoms with Crippen molar-refractivity contribution in [3.05, 3.63) is 102 Å². The van der Waals surface area contributed by atoms with Crippen molar-refractivity contribution < 1.29 is 27.5 Å². The zero-order valence-electron chi connectivity index (χ0n) is 23.1. The van der Waals surface area contributed by atoms with Crippen molar-refractivity contribution in [2.75, 3.05) is 41.8 Å². The summed E-state index contributed by atoms with van der Waals surface area (Å²) in [5.41, 5.74) is 1.86. The summed E-state index contributed by atoms with van der Waals surface area (Å²) in [5.74, 6) is 0.0882. The third kappa shape index (κ3) is 7.41. The second-order valence-electron chi connectivity index (χ2n) is 9.63. The molecule has 12 heteroatoms. The van der Waals surface area contributed by atoms with Gasteiger partial charge in [0, 0.05) is 49.4 Å². The first-order chi connectivity index (χ1) is 20.7. The average molecular weight is 589 g/mol. The first-order valence-corrected chi connectivity index (χ1v) is 13.4. The maximum absolute atomic E-state index is 13.2. The van der Waals surface area contributed by atoms with E-state index in [9.17, 15) is 22.8 Å². The van der Waals surface area contributed by atoms with Gasteiger partial charge in [-0.05, 0) is 41.5 Å². The highest BCUT2D eigenvalue weighted by Crippen LogP contribution is 2.32. The number of aromatic nitrogens is 3. The number of hydrogen-bond donors (Lipinski definition) is 2. The maximum atomic E-state index is 13.2. The second-order valence-corrected chi connectivity index (χ2v) is 9.63.